The third-order valence-corrected chi connectivity index (χ3v) is 2.05. The molecule has 17 heavy (non-hydrogen) atoms. The van der Waals surface area contributed by atoms with Crippen molar-refractivity contribution in [3.63, 3.8) is 0 Å². The summed E-state index contributed by atoms with van der Waals surface area (Å²) in [6.45, 7) is 3.40. The molecule has 0 amide bonds. The molecule has 1 rings (SSSR count). The predicted molar refractivity (Wildman–Crippen MR) is 64.3 cm³/mol. The Kier molecular flexibility index (Phi) is 4.78. The van der Waals surface area contributed by atoms with E-state index in [1.165, 1.54) is 0 Å². The van der Waals surface area contributed by atoms with Crippen molar-refractivity contribution in [3.05, 3.63) is 24.3 Å². The summed E-state index contributed by atoms with van der Waals surface area (Å²) < 4.78 is 5.45. The molecule has 1 aromatic carbocycles. The van der Waals surface area contributed by atoms with Gasteiger partial charge in [0, 0.05) is 5.69 Å². The van der Waals surface area contributed by atoms with Crippen LogP contribution in [0.4, 0.5) is 5.69 Å². The maximum absolute atomic E-state index is 10.7. The molecule has 0 saturated heterocycles. The molecule has 0 fully saturated rings. The minimum atomic E-state index is -1.09. The van der Waals surface area contributed by atoms with Crippen LogP contribution in [0.15, 0.2) is 24.3 Å². The second-order valence-corrected chi connectivity index (χ2v) is 3.91. The van der Waals surface area contributed by atoms with Gasteiger partial charge in [0.2, 0.25) is 0 Å². The topological polar surface area (TPSA) is 78.8 Å². The molecular weight excluding hydrogens is 222 g/mol. The molecule has 0 aromatic heterocycles. The molecule has 3 N–H and O–H groups in total. The van der Waals surface area contributed by atoms with Gasteiger partial charge in [-0.2, -0.15) is 0 Å². The summed E-state index contributed by atoms with van der Waals surface area (Å²) in [6.07, 6.45) is 0.0954. The summed E-state index contributed by atoms with van der Waals surface area (Å²) >= 11 is 0. The average molecular weight is 239 g/mol. The van der Waals surface area contributed by atoms with Crippen molar-refractivity contribution in [1.29, 1.82) is 0 Å². The maximum atomic E-state index is 10.7. The number of benzene rings is 1. The van der Waals surface area contributed by atoms with Crippen LogP contribution in [0.3, 0.4) is 0 Å². The Hall–Kier alpha value is -1.75. The van der Waals surface area contributed by atoms with Crippen molar-refractivity contribution in [1.82, 2.24) is 0 Å². The number of aliphatic hydroxyl groups is 1. The highest BCUT2D eigenvalue weighted by atomic mass is 16.5. The van der Waals surface area contributed by atoms with Gasteiger partial charge in [-0.05, 0) is 38.1 Å². The molecule has 0 saturated carbocycles. The first kappa shape index (κ1) is 13.3. The monoisotopic (exact) mass is 239 g/mol. The minimum absolute atomic E-state index is 0.0954. The van der Waals surface area contributed by atoms with Gasteiger partial charge in [0.25, 0.3) is 0 Å². The van der Waals surface area contributed by atoms with E-state index in [4.69, 9.17) is 14.9 Å². The van der Waals surface area contributed by atoms with Crippen LogP contribution in [0.1, 0.15) is 13.8 Å². The Morgan fingerprint density at radius 3 is 2.35 bits per heavy atom. The van der Waals surface area contributed by atoms with Crippen LogP contribution in [-0.4, -0.2) is 34.9 Å². The van der Waals surface area contributed by atoms with E-state index in [-0.39, 0.29) is 6.10 Å². The highest BCUT2D eigenvalue weighted by molar-refractivity contribution is 5.77. The fraction of sp³-hybridized carbons (Fsp3) is 0.417. The van der Waals surface area contributed by atoms with Crippen molar-refractivity contribution in [2.24, 2.45) is 0 Å². The van der Waals surface area contributed by atoms with Gasteiger partial charge in [0.05, 0.1) is 12.7 Å². The molecule has 0 aliphatic rings. The standard InChI is InChI=1S/C12H17NO4/c1-8(2)17-10-5-3-9(4-6-10)13-11(7-14)12(15)16/h3-6,8,11,13-14H,7H2,1-2H3,(H,15,16). The lowest BCUT2D eigenvalue weighted by molar-refractivity contribution is -0.138. The number of anilines is 1. The Labute approximate surface area is 100 Å². The molecule has 5 heteroatoms. The van der Waals surface area contributed by atoms with Gasteiger partial charge in [0.1, 0.15) is 11.8 Å². The molecule has 0 spiro atoms. The second kappa shape index (κ2) is 6.10. The molecule has 94 valence electrons. The molecule has 0 heterocycles. The summed E-state index contributed by atoms with van der Waals surface area (Å²) in [4.78, 5) is 10.7. The Bertz CT molecular complexity index is 361. The molecule has 0 radical (unpaired) electrons. The quantitative estimate of drug-likeness (QED) is 0.698. The number of carbonyl (C=O) groups is 1. The van der Waals surface area contributed by atoms with E-state index >= 15 is 0 Å². The van der Waals surface area contributed by atoms with Crippen molar-refractivity contribution in [2.45, 2.75) is 26.0 Å². The number of aliphatic carboxylic acids is 1. The molecule has 0 aliphatic heterocycles. The average Bonchev–Trinajstić information content (AvgIpc) is 2.26. The van der Waals surface area contributed by atoms with E-state index in [9.17, 15) is 4.79 Å². The molecule has 1 aromatic rings. The zero-order valence-corrected chi connectivity index (χ0v) is 9.88. The van der Waals surface area contributed by atoms with E-state index in [0.29, 0.717) is 5.69 Å². The number of hydrogen-bond donors (Lipinski definition) is 3. The zero-order valence-electron chi connectivity index (χ0n) is 9.88. The number of hydrogen-bond acceptors (Lipinski definition) is 4. The number of carboxylic acid groups (broad SMARTS) is 1. The van der Waals surface area contributed by atoms with Gasteiger partial charge >= 0.3 is 5.97 Å². The molecule has 1 unspecified atom stereocenters. The van der Waals surface area contributed by atoms with Gasteiger partial charge in [-0.15, -0.1) is 0 Å². The number of nitrogens with one attached hydrogen (secondary N) is 1. The van der Waals surface area contributed by atoms with Crippen LogP contribution in [-0.2, 0) is 4.79 Å². The van der Waals surface area contributed by atoms with Gasteiger partial charge in [-0.1, -0.05) is 0 Å². The Balaban J connectivity index is 2.64. The Morgan fingerprint density at radius 1 is 1.35 bits per heavy atom. The number of ether oxygens (including phenoxy) is 1. The summed E-state index contributed by atoms with van der Waals surface area (Å²) in [6, 6.07) is 5.93. The number of rotatable bonds is 6. The number of aliphatic hydroxyl groups excluding tert-OH is 1. The summed E-state index contributed by atoms with van der Waals surface area (Å²) in [7, 11) is 0. The molecule has 0 bridgehead atoms. The Morgan fingerprint density at radius 2 is 1.94 bits per heavy atom. The predicted octanol–water partition coefficient (Wildman–Crippen LogP) is 1.33. The van der Waals surface area contributed by atoms with Crippen LogP contribution in [0.2, 0.25) is 0 Å². The third kappa shape index (κ3) is 4.32. The normalized spacial score (nSPS) is 12.2. The highest BCUT2D eigenvalue weighted by Gasteiger charge is 2.15. The van der Waals surface area contributed by atoms with Crippen molar-refractivity contribution >= 4 is 11.7 Å². The largest absolute Gasteiger partial charge is 0.491 e. The lowest BCUT2D eigenvalue weighted by Crippen LogP contribution is -2.32. The van der Waals surface area contributed by atoms with Gasteiger partial charge < -0.3 is 20.3 Å². The van der Waals surface area contributed by atoms with E-state index in [0.717, 1.165) is 5.75 Å². The summed E-state index contributed by atoms with van der Waals surface area (Å²) in [5.74, 6) is -0.364. The summed E-state index contributed by atoms with van der Waals surface area (Å²) in [5, 5.41) is 20.3. The van der Waals surface area contributed by atoms with E-state index in [1.807, 2.05) is 13.8 Å². The van der Waals surface area contributed by atoms with E-state index < -0.39 is 18.6 Å². The molecule has 0 aliphatic carbocycles. The van der Waals surface area contributed by atoms with Crippen molar-refractivity contribution in [3.8, 4) is 5.75 Å². The lowest BCUT2D eigenvalue weighted by atomic mass is 10.2. The maximum Gasteiger partial charge on any atom is 0.328 e. The zero-order chi connectivity index (χ0) is 12.8. The number of carboxylic acids is 1. The highest BCUT2D eigenvalue weighted by Crippen LogP contribution is 2.17. The first-order valence-corrected chi connectivity index (χ1v) is 5.40. The van der Waals surface area contributed by atoms with Crippen LogP contribution < -0.4 is 10.1 Å². The fourth-order valence-corrected chi connectivity index (χ4v) is 1.29. The third-order valence-electron chi connectivity index (χ3n) is 2.05. The van der Waals surface area contributed by atoms with Crippen LogP contribution in [0.25, 0.3) is 0 Å². The second-order valence-electron chi connectivity index (χ2n) is 3.91. The van der Waals surface area contributed by atoms with Gasteiger partial charge in [0.15, 0.2) is 0 Å². The van der Waals surface area contributed by atoms with E-state index in [1.54, 1.807) is 24.3 Å². The van der Waals surface area contributed by atoms with Gasteiger partial charge in [-0.3, -0.25) is 0 Å². The smallest absolute Gasteiger partial charge is 0.328 e. The first-order chi connectivity index (χ1) is 8.02. The van der Waals surface area contributed by atoms with Gasteiger partial charge in [-0.25, -0.2) is 4.79 Å². The fourth-order valence-electron chi connectivity index (χ4n) is 1.29. The SMILES string of the molecule is CC(C)Oc1ccc(NC(CO)C(=O)O)cc1. The first-order valence-electron chi connectivity index (χ1n) is 5.40. The molecular formula is C12H17NO4. The van der Waals surface area contributed by atoms with Crippen LogP contribution in [0, 0.1) is 0 Å². The van der Waals surface area contributed by atoms with Crippen LogP contribution >= 0.6 is 0 Å². The minimum Gasteiger partial charge on any atom is -0.491 e. The van der Waals surface area contributed by atoms with E-state index in [2.05, 4.69) is 5.32 Å². The molecule has 1 atom stereocenters. The lowest BCUT2D eigenvalue weighted by Gasteiger charge is -2.14. The van der Waals surface area contributed by atoms with Crippen molar-refractivity contribution < 1.29 is 19.7 Å². The van der Waals surface area contributed by atoms with Crippen LogP contribution in [0.5, 0.6) is 5.75 Å². The van der Waals surface area contributed by atoms with Crippen molar-refractivity contribution in [2.75, 3.05) is 11.9 Å². The summed E-state index contributed by atoms with van der Waals surface area (Å²) in [5.41, 5.74) is 0.627. The molecule has 5 nitrogen and oxygen atoms in total.